The van der Waals surface area contributed by atoms with Gasteiger partial charge in [-0.3, -0.25) is 13.9 Å². The molecule has 3 aromatic carbocycles. The fraction of sp³-hybridized carbons (Fsp3) is 0.355. The van der Waals surface area contributed by atoms with Gasteiger partial charge in [0.2, 0.25) is 21.8 Å². The van der Waals surface area contributed by atoms with Gasteiger partial charge < -0.3 is 15.0 Å². The zero-order valence-corrected chi connectivity index (χ0v) is 25.7. The zero-order chi connectivity index (χ0) is 30.2. The van der Waals surface area contributed by atoms with Crippen LogP contribution >= 0.6 is 11.6 Å². The summed E-state index contributed by atoms with van der Waals surface area (Å²) >= 11 is 6.25. The lowest BCUT2D eigenvalue weighted by Gasteiger charge is -2.35. The van der Waals surface area contributed by atoms with Gasteiger partial charge in [0.25, 0.3) is 0 Å². The van der Waals surface area contributed by atoms with Crippen molar-refractivity contribution in [3.8, 4) is 5.75 Å². The van der Waals surface area contributed by atoms with Gasteiger partial charge in [0.1, 0.15) is 18.3 Å². The third kappa shape index (κ3) is 9.79. The molecular formula is C31H38ClN3O5S. The number of nitrogens with zero attached hydrogens (tertiary/aromatic N) is 2. The van der Waals surface area contributed by atoms with E-state index < -0.39 is 34.1 Å². The molecule has 41 heavy (non-hydrogen) atoms. The van der Waals surface area contributed by atoms with Crippen LogP contribution in [0.25, 0.3) is 0 Å². The molecular weight excluding hydrogens is 562 g/mol. The number of ether oxygens (including phenoxy) is 1. The highest BCUT2D eigenvalue weighted by atomic mass is 35.5. The highest BCUT2D eigenvalue weighted by molar-refractivity contribution is 7.92. The second kappa shape index (κ2) is 13.9. The topological polar surface area (TPSA) is 96.0 Å². The summed E-state index contributed by atoms with van der Waals surface area (Å²) in [5, 5.41) is 3.49. The highest BCUT2D eigenvalue weighted by Crippen LogP contribution is 2.24. The van der Waals surface area contributed by atoms with Crippen LogP contribution in [0.15, 0.2) is 78.9 Å². The van der Waals surface area contributed by atoms with Crippen molar-refractivity contribution in [2.24, 2.45) is 0 Å². The Morgan fingerprint density at radius 1 is 0.951 bits per heavy atom. The van der Waals surface area contributed by atoms with Crippen LogP contribution < -0.4 is 14.4 Å². The molecule has 1 atom stereocenters. The lowest BCUT2D eigenvalue weighted by Crippen LogP contribution is -2.56. The first-order valence-corrected chi connectivity index (χ1v) is 15.6. The Kier molecular flexibility index (Phi) is 10.8. The van der Waals surface area contributed by atoms with Crippen LogP contribution in [0.1, 0.15) is 38.8 Å². The number of anilines is 1. The molecule has 0 aliphatic rings. The summed E-state index contributed by atoms with van der Waals surface area (Å²) in [6.45, 7) is 7.47. The smallest absolute Gasteiger partial charge is 0.244 e. The number of halogens is 1. The largest absolute Gasteiger partial charge is 0.494 e. The third-order valence-electron chi connectivity index (χ3n) is 6.13. The first-order chi connectivity index (χ1) is 19.3. The Bertz CT molecular complexity index is 1420. The van der Waals surface area contributed by atoms with E-state index in [1.165, 1.54) is 4.90 Å². The number of hydrogen-bond acceptors (Lipinski definition) is 5. The molecule has 0 heterocycles. The number of carbonyl (C=O) groups excluding carboxylic acids is 2. The molecule has 1 unspecified atom stereocenters. The van der Waals surface area contributed by atoms with Crippen molar-refractivity contribution in [3.05, 3.63) is 95.0 Å². The fourth-order valence-corrected chi connectivity index (χ4v) is 5.39. The molecule has 0 radical (unpaired) electrons. The monoisotopic (exact) mass is 599 g/mol. The Hall–Kier alpha value is -3.56. The van der Waals surface area contributed by atoms with Gasteiger partial charge in [-0.2, -0.15) is 0 Å². The molecule has 0 aliphatic heterocycles. The summed E-state index contributed by atoms with van der Waals surface area (Å²) in [4.78, 5) is 29.3. The number of hydrogen-bond donors (Lipinski definition) is 1. The molecule has 0 saturated carbocycles. The predicted molar refractivity (Wildman–Crippen MR) is 164 cm³/mol. The van der Waals surface area contributed by atoms with Crippen LogP contribution in [-0.4, -0.2) is 56.1 Å². The molecule has 0 bridgehead atoms. The van der Waals surface area contributed by atoms with Gasteiger partial charge in [-0.1, -0.05) is 54.1 Å². The maximum absolute atomic E-state index is 14.1. The van der Waals surface area contributed by atoms with Gasteiger partial charge in [-0.25, -0.2) is 8.42 Å². The lowest BCUT2D eigenvalue weighted by molar-refractivity contribution is -0.140. The van der Waals surface area contributed by atoms with Crippen molar-refractivity contribution in [2.45, 2.75) is 52.2 Å². The molecule has 8 nitrogen and oxygen atoms in total. The molecule has 0 aromatic heterocycles. The molecule has 0 spiro atoms. The first kappa shape index (κ1) is 32.0. The van der Waals surface area contributed by atoms with Crippen LogP contribution in [0.5, 0.6) is 5.75 Å². The molecule has 0 saturated heterocycles. The Labute approximate surface area is 248 Å². The summed E-state index contributed by atoms with van der Waals surface area (Å²) < 4.78 is 32.3. The van der Waals surface area contributed by atoms with Crippen molar-refractivity contribution in [2.75, 3.05) is 23.7 Å². The van der Waals surface area contributed by atoms with E-state index in [0.29, 0.717) is 28.6 Å². The SMILES string of the molecule is CCOc1ccc(N(CC(=O)N(Cc2cccc(Cl)c2)C(Cc2ccccc2)C(=O)NC(C)(C)C)S(C)(=O)=O)cc1. The van der Waals surface area contributed by atoms with Gasteiger partial charge in [0, 0.05) is 23.5 Å². The van der Waals surface area contributed by atoms with E-state index >= 15 is 0 Å². The molecule has 3 aromatic rings. The minimum Gasteiger partial charge on any atom is -0.494 e. The van der Waals surface area contributed by atoms with Crippen molar-refractivity contribution in [1.82, 2.24) is 10.2 Å². The average molecular weight is 600 g/mol. The van der Waals surface area contributed by atoms with Crippen LogP contribution in [0, 0.1) is 0 Å². The summed E-state index contributed by atoms with van der Waals surface area (Å²) in [5.41, 5.74) is 1.32. The van der Waals surface area contributed by atoms with Gasteiger partial charge >= 0.3 is 0 Å². The number of benzene rings is 3. The average Bonchev–Trinajstić information content (AvgIpc) is 2.89. The second-order valence-corrected chi connectivity index (χ2v) is 13.1. The van der Waals surface area contributed by atoms with Crippen molar-refractivity contribution in [1.29, 1.82) is 0 Å². The molecule has 3 rings (SSSR count). The molecule has 10 heteroatoms. The van der Waals surface area contributed by atoms with E-state index in [9.17, 15) is 18.0 Å². The molecule has 0 fully saturated rings. The van der Waals surface area contributed by atoms with Crippen molar-refractivity contribution in [3.63, 3.8) is 0 Å². The van der Waals surface area contributed by atoms with Crippen molar-refractivity contribution < 1.29 is 22.7 Å². The maximum Gasteiger partial charge on any atom is 0.244 e. The molecule has 0 aliphatic carbocycles. The van der Waals surface area contributed by atoms with Gasteiger partial charge in [0.05, 0.1) is 18.6 Å². The molecule has 220 valence electrons. The summed E-state index contributed by atoms with van der Waals surface area (Å²) in [6.07, 6.45) is 1.28. The standard InChI is InChI=1S/C31H38ClN3O5S/c1-6-40-27-17-15-26(16-18-27)35(41(5,38)39)22-29(36)34(21-24-13-10-14-25(32)19-24)28(30(37)33-31(2,3)4)20-23-11-8-7-9-12-23/h7-19,28H,6,20-22H2,1-5H3,(H,33,37). The minimum absolute atomic E-state index is 0.0509. The van der Waals surface area contributed by atoms with E-state index in [4.69, 9.17) is 16.3 Å². The number of rotatable bonds is 12. The quantitative estimate of drug-likeness (QED) is 0.314. The maximum atomic E-state index is 14.1. The van der Waals surface area contributed by atoms with Crippen molar-refractivity contribution >= 4 is 39.1 Å². The van der Waals surface area contributed by atoms with Crippen LogP contribution in [0.2, 0.25) is 5.02 Å². The van der Waals surface area contributed by atoms with E-state index in [2.05, 4.69) is 5.32 Å². The van der Waals surface area contributed by atoms with E-state index in [1.807, 2.05) is 64.1 Å². The third-order valence-corrected chi connectivity index (χ3v) is 7.50. The number of nitrogens with one attached hydrogen (secondary N) is 1. The van der Waals surface area contributed by atoms with Crippen LogP contribution in [0.3, 0.4) is 0 Å². The number of carbonyl (C=O) groups is 2. The zero-order valence-electron chi connectivity index (χ0n) is 24.1. The summed E-state index contributed by atoms with van der Waals surface area (Å²) in [5.74, 6) is -0.293. The summed E-state index contributed by atoms with van der Waals surface area (Å²) in [6, 6.07) is 22.0. The van der Waals surface area contributed by atoms with Gasteiger partial charge in [-0.15, -0.1) is 0 Å². The first-order valence-electron chi connectivity index (χ1n) is 13.4. The van der Waals surface area contributed by atoms with E-state index in [1.54, 1.807) is 42.5 Å². The van der Waals surface area contributed by atoms with Gasteiger partial charge in [-0.05, 0) is 75.2 Å². The normalized spacial score (nSPS) is 12.3. The number of amides is 2. The molecule has 1 N–H and O–H groups in total. The van der Waals surface area contributed by atoms with Gasteiger partial charge in [0.15, 0.2) is 0 Å². The lowest BCUT2D eigenvalue weighted by atomic mass is 10.0. The highest BCUT2D eigenvalue weighted by Gasteiger charge is 2.34. The van der Waals surface area contributed by atoms with Crippen LogP contribution in [0.4, 0.5) is 5.69 Å². The number of sulfonamides is 1. The van der Waals surface area contributed by atoms with Crippen LogP contribution in [-0.2, 0) is 32.6 Å². The Morgan fingerprint density at radius 2 is 1.59 bits per heavy atom. The summed E-state index contributed by atoms with van der Waals surface area (Å²) in [7, 11) is -3.86. The Morgan fingerprint density at radius 3 is 2.15 bits per heavy atom. The second-order valence-electron chi connectivity index (χ2n) is 10.8. The predicted octanol–water partition coefficient (Wildman–Crippen LogP) is 5.06. The molecule has 2 amide bonds. The van der Waals surface area contributed by atoms with E-state index in [0.717, 1.165) is 16.1 Å². The van der Waals surface area contributed by atoms with E-state index in [-0.39, 0.29) is 18.9 Å². The fourth-order valence-electron chi connectivity index (χ4n) is 4.33. The Balaban J connectivity index is 2.05. The minimum atomic E-state index is -3.86.